The molecule has 0 atom stereocenters. The second-order valence-corrected chi connectivity index (χ2v) is 8.06. The van der Waals surface area contributed by atoms with Crippen molar-refractivity contribution in [3.05, 3.63) is 59.1 Å². The highest BCUT2D eigenvalue weighted by Gasteiger charge is 2.29. The number of nitrogens with zero attached hydrogens (tertiary/aromatic N) is 2. The quantitative estimate of drug-likeness (QED) is 0.847. The van der Waals surface area contributed by atoms with E-state index in [1.165, 1.54) is 0 Å². The minimum Gasteiger partial charge on any atom is -0.368 e. The molecular formula is C22H26ClN3O2. The van der Waals surface area contributed by atoms with E-state index >= 15 is 0 Å². The average molecular weight is 400 g/mol. The molecule has 5 nitrogen and oxygen atoms in total. The van der Waals surface area contributed by atoms with E-state index in [1.807, 2.05) is 55.1 Å². The van der Waals surface area contributed by atoms with Gasteiger partial charge in [-0.05, 0) is 55.8 Å². The lowest BCUT2D eigenvalue weighted by atomic mass is 9.83. The van der Waals surface area contributed by atoms with Gasteiger partial charge in [0.15, 0.2) is 0 Å². The second kappa shape index (κ2) is 8.23. The molecule has 0 unspecified atom stereocenters. The van der Waals surface area contributed by atoms with Gasteiger partial charge in [-0.2, -0.15) is 0 Å². The van der Waals surface area contributed by atoms with Crippen LogP contribution in [0.25, 0.3) is 0 Å². The maximum Gasteiger partial charge on any atom is 0.234 e. The minimum absolute atomic E-state index is 0.0716. The summed E-state index contributed by atoms with van der Waals surface area (Å²) in [6, 6.07) is 15.2. The van der Waals surface area contributed by atoms with Crippen molar-refractivity contribution < 1.29 is 9.59 Å². The maximum atomic E-state index is 12.8. The lowest BCUT2D eigenvalue weighted by Gasteiger charge is -2.35. The number of piperazine rings is 1. The Morgan fingerprint density at radius 2 is 1.50 bits per heavy atom. The molecule has 1 heterocycles. The average Bonchev–Trinajstić information content (AvgIpc) is 2.69. The number of benzene rings is 2. The van der Waals surface area contributed by atoms with Crippen LogP contribution in [-0.2, 0) is 15.0 Å². The number of carbonyl (C=O) groups is 2. The van der Waals surface area contributed by atoms with Crippen molar-refractivity contribution in [2.24, 2.45) is 0 Å². The van der Waals surface area contributed by atoms with E-state index in [2.05, 4.69) is 10.2 Å². The third-order valence-electron chi connectivity index (χ3n) is 5.35. The van der Waals surface area contributed by atoms with E-state index in [0.717, 1.165) is 43.1 Å². The predicted octanol–water partition coefficient (Wildman–Crippen LogP) is 3.92. The first-order chi connectivity index (χ1) is 13.3. The smallest absolute Gasteiger partial charge is 0.234 e. The number of halogens is 1. The topological polar surface area (TPSA) is 52.7 Å². The first kappa shape index (κ1) is 20.2. The Morgan fingerprint density at radius 3 is 2.04 bits per heavy atom. The monoisotopic (exact) mass is 399 g/mol. The van der Waals surface area contributed by atoms with Crippen LogP contribution in [0, 0.1) is 0 Å². The number of amides is 2. The zero-order valence-corrected chi connectivity index (χ0v) is 17.3. The molecule has 2 aromatic carbocycles. The molecule has 2 aromatic rings. The van der Waals surface area contributed by atoms with Gasteiger partial charge in [0.25, 0.3) is 0 Å². The molecular weight excluding hydrogens is 374 g/mol. The Balaban J connectivity index is 1.63. The summed E-state index contributed by atoms with van der Waals surface area (Å²) in [4.78, 5) is 28.4. The van der Waals surface area contributed by atoms with Gasteiger partial charge in [0, 0.05) is 49.5 Å². The van der Waals surface area contributed by atoms with Crippen molar-refractivity contribution >= 4 is 34.8 Å². The molecule has 0 radical (unpaired) electrons. The van der Waals surface area contributed by atoms with E-state index in [0.29, 0.717) is 5.02 Å². The number of anilines is 2. The zero-order chi connectivity index (χ0) is 20.3. The highest BCUT2D eigenvalue weighted by molar-refractivity contribution is 6.30. The van der Waals surface area contributed by atoms with Crippen LogP contribution in [-0.4, -0.2) is 42.9 Å². The Labute approximate surface area is 171 Å². The van der Waals surface area contributed by atoms with Crippen LogP contribution in [0.15, 0.2) is 48.5 Å². The van der Waals surface area contributed by atoms with Crippen LogP contribution in [0.3, 0.4) is 0 Å². The van der Waals surface area contributed by atoms with Crippen LogP contribution in [0.4, 0.5) is 11.4 Å². The molecule has 6 heteroatoms. The number of hydrogen-bond acceptors (Lipinski definition) is 3. The molecule has 28 heavy (non-hydrogen) atoms. The van der Waals surface area contributed by atoms with E-state index in [4.69, 9.17) is 11.6 Å². The van der Waals surface area contributed by atoms with Gasteiger partial charge in [-0.25, -0.2) is 0 Å². The fourth-order valence-corrected chi connectivity index (χ4v) is 3.45. The lowest BCUT2D eigenvalue weighted by Crippen LogP contribution is -2.48. The maximum absolute atomic E-state index is 12.8. The molecule has 3 rings (SSSR count). The molecule has 0 bridgehead atoms. The summed E-state index contributed by atoms with van der Waals surface area (Å²) < 4.78 is 0. The standard InChI is InChI=1S/C22H26ClN3O2/c1-16(27)25-12-14-26(15-13-25)20-10-8-19(9-11-20)24-21(28)22(2,3)17-4-6-18(23)7-5-17/h4-11H,12-15H2,1-3H3,(H,24,28). The Hall–Kier alpha value is -2.53. The van der Waals surface area contributed by atoms with Crippen LogP contribution >= 0.6 is 11.6 Å². The largest absolute Gasteiger partial charge is 0.368 e. The molecule has 1 aliphatic rings. The number of rotatable bonds is 4. The summed E-state index contributed by atoms with van der Waals surface area (Å²) in [5.41, 5.74) is 2.09. The van der Waals surface area contributed by atoms with E-state index in [9.17, 15) is 9.59 Å². The van der Waals surface area contributed by atoms with Gasteiger partial charge in [-0.3, -0.25) is 9.59 Å². The Kier molecular flexibility index (Phi) is 5.94. The van der Waals surface area contributed by atoms with Crippen LogP contribution in [0.2, 0.25) is 5.02 Å². The van der Waals surface area contributed by atoms with Crippen LogP contribution in [0.1, 0.15) is 26.3 Å². The first-order valence-corrected chi connectivity index (χ1v) is 9.83. The molecule has 2 amide bonds. The molecule has 1 saturated heterocycles. The van der Waals surface area contributed by atoms with Gasteiger partial charge >= 0.3 is 0 Å². The summed E-state index contributed by atoms with van der Waals surface area (Å²) in [6.45, 7) is 8.51. The summed E-state index contributed by atoms with van der Waals surface area (Å²) >= 11 is 5.95. The molecule has 0 aliphatic carbocycles. The normalized spacial score (nSPS) is 14.7. The first-order valence-electron chi connectivity index (χ1n) is 9.45. The fraction of sp³-hybridized carbons (Fsp3) is 0.364. The van der Waals surface area contributed by atoms with Crippen molar-refractivity contribution in [3.63, 3.8) is 0 Å². The zero-order valence-electron chi connectivity index (χ0n) is 16.5. The summed E-state index contributed by atoms with van der Waals surface area (Å²) in [6.07, 6.45) is 0. The van der Waals surface area contributed by atoms with Crippen molar-refractivity contribution in [1.82, 2.24) is 4.90 Å². The van der Waals surface area contributed by atoms with Crippen molar-refractivity contribution in [3.8, 4) is 0 Å². The fourth-order valence-electron chi connectivity index (χ4n) is 3.32. The minimum atomic E-state index is -0.674. The van der Waals surface area contributed by atoms with Crippen molar-refractivity contribution in [1.29, 1.82) is 0 Å². The molecule has 1 aliphatic heterocycles. The molecule has 0 saturated carbocycles. The predicted molar refractivity (Wildman–Crippen MR) is 114 cm³/mol. The van der Waals surface area contributed by atoms with Crippen LogP contribution < -0.4 is 10.2 Å². The summed E-state index contributed by atoms with van der Waals surface area (Å²) in [5, 5.41) is 3.66. The Morgan fingerprint density at radius 1 is 0.929 bits per heavy atom. The molecule has 0 aromatic heterocycles. The SMILES string of the molecule is CC(=O)N1CCN(c2ccc(NC(=O)C(C)(C)c3ccc(Cl)cc3)cc2)CC1. The van der Waals surface area contributed by atoms with Gasteiger partial charge in [0.1, 0.15) is 0 Å². The Bertz CT molecular complexity index is 839. The van der Waals surface area contributed by atoms with Gasteiger partial charge < -0.3 is 15.1 Å². The number of carbonyl (C=O) groups excluding carboxylic acids is 2. The van der Waals surface area contributed by atoms with Gasteiger partial charge in [0.05, 0.1) is 5.41 Å². The van der Waals surface area contributed by atoms with E-state index in [1.54, 1.807) is 19.1 Å². The highest BCUT2D eigenvalue weighted by atomic mass is 35.5. The van der Waals surface area contributed by atoms with Gasteiger partial charge in [0.2, 0.25) is 11.8 Å². The van der Waals surface area contributed by atoms with Gasteiger partial charge in [-0.1, -0.05) is 23.7 Å². The molecule has 148 valence electrons. The third kappa shape index (κ3) is 4.47. The highest BCUT2D eigenvalue weighted by Crippen LogP contribution is 2.27. The number of nitrogens with one attached hydrogen (secondary N) is 1. The van der Waals surface area contributed by atoms with E-state index in [-0.39, 0.29) is 11.8 Å². The molecule has 1 N–H and O–H groups in total. The summed E-state index contributed by atoms with van der Waals surface area (Å²) in [5.74, 6) is 0.0543. The number of hydrogen-bond donors (Lipinski definition) is 1. The van der Waals surface area contributed by atoms with E-state index < -0.39 is 5.41 Å². The van der Waals surface area contributed by atoms with Crippen LogP contribution in [0.5, 0.6) is 0 Å². The second-order valence-electron chi connectivity index (χ2n) is 7.63. The van der Waals surface area contributed by atoms with Crippen molar-refractivity contribution in [2.75, 3.05) is 36.4 Å². The third-order valence-corrected chi connectivity index (χ3v) is 5.60. The molecule has 0 spiro atoms. The van der Waals surface area contributed by atoms with Gasteiger partial charge in [-0.15, -0.1) is 0 Å². The summed E-state index contributed by atoms with van der Waals surface area (Å²) in [7, 11) is 0. The molecule has 1 fully saturated rings. The van der Waals surface area contributed by atoms with Crippen molar-refractivity contribution in [2.45, 2.75) is 26.2 Å². The lowest BCUT2D eigenvalue weighted by molar-refractivity contribution is -0.129.